The second-order valence-corrected chi connectivity index (χ2v) is 7.46. The minimum absolute atomic E-state index is 0.109. The SMILES string of the molecule is Fc1cc(-c2ccc(C3CC3)s2)ccc1-c1cc(F)c(N=C=S)c(F)c1. The molecule has 26 heavy (non-hydrogen) atoms. The lowest BCUT2D eigenvalue weighted by Gasteiger charge is -2.08. The molecule has 0 N–H and O–H groups in total. The molecule has 1 aromatic heterocycles. The van der Waals surface area contributed by atoms with Gasteiger partial charge in [-0.15, -0.1) is 11.3 Å². The van der Waals surface area contributed by atoms with Gasteiger partial charge >= 0.3 is 0 Å². The van der Waals surface area contributed by atoms with Gasteiger partial charge in [-0.2, -0.15) is 4.99 Å². The highest BCUT2D eigenvalue weighted by Crippen LogP contribution is 2.45. The molecule has 0 spiro atoms. The Hall–Kier alpha value is -2.27. The maximum atomic E-state index is 14.6. The summed E-state index contributed by atoms with van der Waals surface area (Å²) < 4.78 is 42.6. The lowest BCUT2D eigenvalue weighted by Crippen LogP contribution is -1.90. The summed E-state index contributed by atoms with van der Waals surface area (Å²) in [6.45, 7) is 0. The van der Waals surface area contributed by atoms with E-state index >= 15 is 0 Å². The molecule has 2 aromatic carbocycles. The van der Waals surface area contributed by atoms with E-state index < -0.39 is 23.1 Å². The topological polar surface area (TPSA) is 12.4 Å². The van der Waals surface area contributed by atoms with Gasteiger partial charge in [-0.25, -0.2) is 13.2 Å². The van der Waals surface area contributed by atoms with Crippen LogP contribution in [0.5, 0.6) is 0 Å². The van der Waals surface area contributed by atoms with E-state index in [0.29, 0.717) is 5.92 Å². The summed E-state index contributed by atoms with van der Waals surface area (Å²) in [5, 5.41) is 1.93. The summed E-state index contributed by atoms with van der Waals surface area (Å²) in [5.74, 6) is -1.70. The first-order chi connectivity index (χ1) is 12.6. The number of hydrogen-bond donors (Lipinski definition) is 0. The number of isothiocyanates is 1. The minimum Gasteiger partial charge on any atom is -0.206 e. The van der Waals surface area contributed by atoms with Crippen LogP contribution in [0.2, 0.25) is 0 Å². The Morgan fingerprint density at radius 1 is 0.923 bits per heavy atom. The van der Waals surface area contributed by atoms with Crippen molar-refractivity contribution in [2.24, 2.45) is 4.99 Å². The average Bonchev–Trinajstić information content (AvgIpc) is 3.35. The fraction of sp³-hybridized carbons (Fsp3) is 0.150. The van der Waals surface area contributed by atoms with E-state index in [4.69, 9.17) is 0 Å². The third-order valence-corrected chi connectivity index (χ3v) is 5.73. The number of halogens is 3. The minimum atomic E-state index is -0.909. The zero-order valence-corrected chi connectivity index (χ0v) is 15.1. The van der Waals surface area contributed by atoms with Crippen molar-refractivity contribution in [3.8, 4) is 21.6 Å². The fourth-order valence-electron chi connectivity index (χ4n) is 2.87. The summed E-state index contributed by atoms with van der Waals surface area (Å²) >= 11 is 6.04. The van der Waals surface area contributed by atoms with Gasteiger partial charge in [-0.3, -0.25) is 0 Å². The summed E-state index contributed by atoms with van der Waals surface area (Å²) in [6.07, 6.45) is 2.43. The van der Waals surface area contributed by atoms with Gasteiger partial charge in [0.05, 0.1) is 5.16 Å². The van der Waals surface area contributed by atoms with Crippen LogP contribution < -0.4 is 0 Å². The molecule has 3 aromatic rings. The number of thiophene rings is 1. The molecule has 0 unspecified atom stereocenters. The molecule has 130 valence electrons. The van der Waals surface area contributed by atoms with Crippen LogP contribution in [0.15, 0.2) is 47.5 Å². The molecule has 0 atom stereocenters. The van der Waals surface area contributed by atoms with Crippen molar-refractivity contribution in [1.82, 2.24) is 0 Å². The Morgan fingerprint density at radius 3 is 2.23 bits per heavy atom. The van der Waals surface area contributed by atoms with Crippen LogP contribution in [0.4, 0.5) is 18.9 Å². The molecular formula is C20H12F3NS2. The quantitative estimate of drug-likeness (QED) is 0.343. The lowest BCUT2D eigenvalue weighted by molar-refractivity contribution is 0.588. The second kappa shape index (κ2) is 6.80. The number of nitrogens with zero attached hydrogens (tertiary/aromatic N) is 1. The predicted octanol–water partition coefficient (Wildman–Crippen LogP) is 7.11. The third-order valence-electron chi connectivity index (χ3n) is 4.35. The van der Waals surface area contributed by atoms with Crippen LogP contribution in [0.3, 0.4) is 0 Å². The Kier molecular flexibility index (Phi) is 4.49. The van der Waals surface area contributed by atoms with Crippen molar-refractivity contribution in [1.29, 1.82) is 0 Å². The maximum absolute atomic E-state index is 14.6. The maximum Gasteiger partial charge on any atom is 0.153 e. The largest absolute Gasteiger partial charge is 0.206 e. The van der Waals surface area contributed by atoms with E-state index in [2.05, 4.69) is 23.3 Å². The monoisotopic (exact) mass is 387 g/mol. The van der Waals surface area contributed by atoms with Gasteiger partial charge in [0.25, 0.3) is 0 Å². The lowest BCUT2D eigenvalue weighted by atomic mass is 10.0. The third kappa shape index (κ3) is 3.23. The number of thiocarbonyl (C=S) groups is 1. The smallest absolute Gasteiger partial charge is 0.153 e. The molecule has 6 heteroatoms. The molecule has 0 radical (unpaired) electrons. The molecule has 1 aliphatic rings. The molecule has 1 nitrogen and oxygen atoms in total. The van der Waals surface area contributed by atoms with Gasteiger partial charge in [0, 0.05) is 15.3 Å². The zero-order valence-electron chi connectivity index (χ0n) is 13.4. The van der Waals surface area contributed by atoms with E-state index in [1.54, 1.807) is 17.4 Å². The molecule has 1 aliphatic carbocycles. The van der Waals surface area contributed by atoms with Crippen LogP contribution in [0, 0.1) is 17.5 Å². The highest BCUT2D eigenvalue weighted by molar-refractivity contribution is 7.78. The van der Waals surface area contributed by atoms with E-state index in [9.17, 15) is 13.2 Å². The first-order valence-corrected chi connectivity index (χ1v) is 9.26. The number of aliphatic imine (C=N–C) groups is 1. The Balaban J connectivity index is 1.70. The van der Waals surface area contributed by atoms with E-state index in [0.717, 1.165) is 22.6 Å². The molecule has 0 saturated heterocycles. The highest BCUT2D eigenvalue weighted by atomic mass is 32.1. The molecule has 0 bridgehead atoms. The zero-order chi connectivity index (χ0) is 18.3. The molecule has 1 saturated carbocycles. The summed E-state index contributed by atoms with van der Waals surface area (Å²) in [7, 11) is 0. The van der Waals surface area contributed by atoms with Crippen LogP contribution in [0.25, 0.3) is 21.6 Å². The van der Waals surface area contributed by atoms with E-state index in [1.807, 2.05) is 11.2 Å². The van der Waals surface area contributed by atoms with E-state index in [-0.39, 0.29) is 11.1 Å². The summed E-state index contributed by atoms with van der Waals surface area (Å²) in [6, 6.07) is 10.9. The van der Waals surface area contributed by atoms with Crippen LogP contribution in [0.1, 0.15) is 23.6 Å². The van der Waals surface area contributed by atoms with Crippen molar-refractivity contribution in [2.75, 3.05) is 0 Å². The predicted molar refractivity (Wildman–Crippen MR) is 102 cm³/mol. The van der Waals surface area contributed by atoms with Crippen molar-refractivity contribution >= 4 is 34.4 Å². The normalized spacial score (nSPS) is 13.5. The molecule has 1 fully saturated rings. The van der Waals surface area contributed by atoms with E-state index in [1.165, 1.54) is 29.9 Å². The van der Waals surface area contributed by atoms with Crippen LogP contribution in [-0.2, 0) is 0 Å². The van der Waals surface area contributed by atoms with Gasteiger partial charge in [0.1, 0.15) is 11.5 Å². The van der Waals surface area contributed by atoms with Crippen molar-refractivity contribution in [3.63, 3.8) is 0 Å². The second-order valence-electron chi connectivity index (χ2n) is 6.16. The standard InChI is InChI=1S/C20H12F3NS2/c21-15-7-12(19-6-5-18(26-19)11-1-2-11)3-4-14(15)13-8-16(22)20(24-10-25)17(23)9-13/h3-9,11H,1-2H2. The van der Waals surface area contributed by atoms with Gasteiger partial charge in [0.2, 0.25) is 0 Å². The number of hydrogen-bond acceptors (Lipinski definition) is 3. The van der Waals surface area contributed by atoms with Crippen LogP contribution in [-0.4, -0.2) is 5.16 Å². The average molecular weight is 387 g/mol. The molecule has 1 heterocycles. The Bertz CT molecular complexity index is 1020. The number of benzene rings is 2. The molecular weight excluding hydrogens is 375 g/mol. The summed E-state index contributed by atoms with van der Waals surface area (Å²) in [5.41, 5.74) is 0.471. The van der Waals surface area contributed by atoms with Gasteiger partial charge in [-0.1, -0.05) is 12.1 Å². The van der Waals surface area contributed by atoms with Crippen molar-refractivity contribution in [3.05, 3.63) is 64.8 Å². The first-order valence-electron chi connectivity index (χ1n) is 8.04. The van der Waals surface area contributed by atoms with Crippen molar-refractivity contribution < 1.29 is 13.2 Å². The van der Waals surface area contributed by atoms with Crippen LogP contribution >= 0.6 is 23.6 Å². The van der Waals surface area contributed by atoms with Gasteiger partial charge in [0.15, 0.2) is 11.6 Å². The van der Waals surface area contributed by atoms with Crippen molar-refractivity contribution in [2.45, 2.75) is 18.8 Å². The van der Waals surface area contributed by atoms with Gasteiger partial charge < -0.3 is 0 Å². The summed E-state index contributed by atoms with van der Waals surface area (Å²) in [4.78, 5) is 5.67. The molecule has 0 aliphatic heterocycles. The molecule has 4 rings (SSSR count). The highest BCUT2D eigenvalue weighted by Gasteiger charge is 2.25. The molecule has 0 amide bonds. The Morgan fingerprint density at radius 2 is 1.62 bits per heavy atom. The fourth-order valence-corrected chi connectivity index (χ4v) is 4.14. The Labute approximate surface area is 157 Å². The first kappa shape index (κ1) is 17.2. The van der Waals surface area contributed by atoms with Gasteiger partial charge in [-0.05, 0) is 72.4 Å². The number of rotatable bonds is 4.